The lowest BCUT2D eigenvalue weighted by atomic mass is 10.0. The first-order valence-corrected chi connectivity index (χ1v) is 10.7. The molecule has 0 nitrogen and oxygen atoms in total. The Hall–Kier alpha value is 0.380. The first kappa shape index (κ1) is 21.4. The van der Waals surface area contributed by atoms with Crippen molar-refractivity contribution in [3.05, 3.63) is 35.9 Å². The maximum Gasteiger partial charge on any atom is -0.0174 e. The van der Waals surface area contributed by atoms with Crippen LogP contribution in [0, 0.1) is 0 Å². The second-order valence-electron chi connectivity index (χ2n) is 6.22. The van der Waals surface area contributed by atoms with Crippen molar-refractivity contribution in [2.45, 2.75) is 70.4 Å². The summed E-state index contributed by atoms with van der Waals surface area (Å²) in [5.41, 5.74) is 2.44. The third kappa shape index (κ3) is 10.7. The quantitative estimate of drug-likeness (QED) is 0.204. The van der Waals surface area contributed by atoms with Crippen LogP contribution in [0.25, 0.3) is 0 Å². The Kier molecular flexibility index (Phi) is 14.3. The minimum absolute atomic E-state index is 0. The molecular weight excluding hydrogens is 386 g/mol. The Labute approximate surface area is 151 Å². The van der Waals surface area contributed by atoms with Crippen LogP contribution < -0.4 is 0 Å². The number of rotatable bonds is 11. The monoisotopic (exact) mass is 420 g/mol. The molecule has 0 N–H and O–H groups in total. The van der Waals surface area contributed by atoms with Gasteiger partial charge in [-0.2, -0.15) is 0 Å². The summed E-state index contributed by atoms with van der Waals surface area (Å²) >= 11 is 0. The Morgan fingerprint density at radius 3 is 2.00 bits per heavy atom. The summed E-state index contributed by atoms with van der Waals surface area (Å²) in [5.74, 6) is 0. The molecule has 1 aromatic rings. The molecule has 0 aromatic heterocycles. The summed E-state index contributed by atoms with van der Waals surface area (Å²) in [6.45, 7) is 7.19. The van der Waals surface area contributed by atoms with E-state index in [0.29, 0.717) is 0 Å². The Balaban J connectivity index is 0.00000400. The van der Waals surface area contributed by atoms with E-state index in [1.165, 1.54) is 63.4 Å². The van der Waals surface area contributed by atoms with E-state index in [1.54, 1.807) is 0 Å². The Morgan fingerprint density at radius 2 is 1.43 bits per heavy atom. The second kappa shape index (κ2) is 14.0. The predicted octanol–water partition coefficient (Wildman–Crippen LogP) is 7.10. The molecule has 1 unspecified atom stereocenters. The Morgan fingerprint density at radius 1 is 0.857 bits per heavy atom. The first-order valence-electron chi connectivity index (χ1n) is 8.44. The van der Waals surface area contributed by atoms with Crippen molar-refractivity contribution in [2.75, 3.05) is 13.3 Å². The van der Waals surface area contributed by atoms with E-state index in [-0.39, 0.29) is 31.9 Å². The van der Waals surface area contributed by atoms with Gasteiger partial charge >= 0.3 is 0 Å². The lowest BCUT2D eigenvalue weighted by Crippen LogP contribution is -2.09. The van der Waals surface area contributed by atoms with Gasteiger partial charge in [-0.05, 0) is 37.4 Å². The van der Waals surface area contributed by atoms with Crippen molar-refractivity contribution in [2.24, 2.45) is 0 Å². The van der Waals surface area contributed by atoms with Gasteiger partial charge in [0.1, 0.15) is 0 Å². The Bertz CT molecular complexity index is 324. The summed E-state index contributed by atoms with van der Waals surface area (Å²) in [6.07, 6.45) is 12.7. The number of benzene rings is 1. The standard InChI is InChI=1S/C19H33P.HI/c1-4-5-6-7-8-9-13-16-19(20(2)3)17-18-14-11-10-12-15-18;/h10-12,14-15,19H,4-9,13,16-17H2,1-3H3;1H. The van der Waals surface area contributed by atoms with Crippen LogP contribution in [0.1, 0.15) is 63.9 Å². The molecule has 0 spiro atoms. The van der Waals surface area contributed by atoms with Gasteiger partial charge in [0.05, 0.1) is 0 Å². The molecule has 0 aliphatic rings. The van der Waals surface area contributed by atoms with Crippen LogP contribution in [-0.4, -0.2) is 19.0 Å². The lowest BCUT2D eigenvalue weighted by Gasteiger charge is -2.21. The highest BCUT2D eigenvalue weighted by Gasteiger charge is 2.13. The molecule has 0 saturated carbocycles. The molecular formula is C19H34IP. The van der Waals surface area contributed by atoms with Crippen molar-refractivity contribution < 1.29 is 0 Å². The summed E-state index contributed by atoms with van der Waals surface area (Å²) in [5, 5.41) is 0. The van der Waals surface area contributed by atoms with E-state index < -0.39 is 0 Å². The molecule has 2 heteroatoms. The molecule has 21 heavy (non-hydrogen) atoms. The van der Waals surface area contributed by atoms with E-state index in [2.05, 4.69) is 50.6 Å². The number of halogens is 1. The summed E-state index contributed by atoms with van der Waals surface area (Å²) in [6, 6.07) is 11.0. The summed E-state index contributed by atoms with van der Waals surface area (Å²) < 4.78 is 0. The van der Waals surface area contributed by atoms with E-state index in [1.807, 2.05) is 0 Å². The molecule has 0 aliphatic carbocycles. The molecule has 0 bridgehead atoms. The van der Waals surface area contributed by atoms with Crippen LogP contribution in [0.2, 0.25) is 0 Å². The van der Waals surface area contributed by atoms with Crippen LogP contribution >= 0.6 is 31.9 Å². The minimum Gasteiger partial charge on any atom is -0.110 e. The van der Waals surface area contributed by atoms with E-state index >= 15 is 0 Å². The minimum atomic E-state index is 0. The topological polar surface area (TPSA) is 0 Å². The molecule has 122 valence electrons. The molecule has 0 aliphatic heterocycles. The van der Waals surface area contributed by atoms with Gasteiger partial charge in [0.2, 0.25) is 0 Å². The van der Waals surface area contributed by atoms with Gasteiger partial charge < -0.3 is 0 Å². The number of hydrogen-bond acceptors (Lipinski definition) is 0. The van der Waals surface area contributed by atoms with Gasteiger partial charge in [-0.1, -0.05) is 82.2 Å². The smallest absolute Gasteiger partial charge is 0.0174 e. The van der Waals surface area contributed by atoms with Gasteiger partial charge in [0.25, 0.3) is 0 Å². The van der Waals surface area contributed by atoms with Crippen LogP contribution in [0.3, 0.4) is 0 Å². The predicted molar refractivity (Wildman–Crippen MR) is 111 cm³/mol. The van der Waals surface area contributed by atoms with Gasteiger partial charge in [0.15, 0.2) is 0 Å². The molecule has 1 rings (SSSR count). The fourth-order valence-electron chi connectivity index (χ4n) is 2.77. The van der Waals surface area contributed by atoms with Crippen LogP contribution in [0.4, 0.5) is 0 Å². The average molecular weight is 420 g/mol. The van der Waals surface area contributed by atoms with Crippen LogP contribution in [-0.2, 0) is 6.42 Å². The third-order valence-electron chi connectivity index (χ3n) is 4.19. The normalized spacial score (nSPS) is 12.2. The number of unbranched alkanes of at least 4 members (excludes halogenated alkanes) is 6. The fourth-order valence-corrected chi connectivity index (χ4v) is 4.04. The highest BCUT2D eigenvalue weighted by Crippen LogP contribution is 2.37. The van der Waals surface area contributed by atoms with Crippen LogP contribution in [0.15, 0.2) is 30.3 Å². The maximum atomic E-state index is 2.45. The average Bonchev–Trinajstić information content (AvgIpc) is 2.46. The highest BCUT2D eigenvalue weighted by atomic mass is 127. The maximum absolute atomic E-state index is 2.45. The van der Waals surface area contributed by atoms with Gasteiger partial charge in [-0.3, -0.25) is 0 Å². The van der Waals surface area contributed by atoms with Crippen molar-refractivity contribution >= 4 is 31.9 Å². The van der Waals surface area contributed by atoms with Gasteiger partial charge in [0, 0.05) is 0 Å². The van der Waals surface area contributed by atoms with Gasteiger partial charge in [-0.15, -0.1) is 31.9 Å². The fraction of sp³-hybridized carbons (Fsp3) is 0.684. The summed E-state index contributed by atoms with van der Waals surface area (Å²) in [4.78, 5) is 0. The van der Waals surface area contributed by atoms with Crippen molar-refractivity contribution in [3.8, 4) is 0 Å². The molecule has 1 atom stereocenters. The van der Waals surface area contributed by atoms with Crippen molar-refractivity contribution in [3.63, 3.8) is 0 Å². The zero-order valence-electron chi connectivity index (χ0n) is 14.2. The molecule has 0 saturated heterocycles. The first-order chi connectivity index (χ1) is 9.74. The van der Waals surface area contributed by atoms with E-state index in [9.17, 15) is 0 Å². The van der Waals surface area contributed by atoms with Crippen LogP contribution in [0.5, 0.6) is 0 Å². The van der Waals surface area contributed by atoms with Gasteiger partial charge in [-0.25, -0.2) is 0 Å². The summed E-state index contributed by atoms with van der Waals surface area (Å²) in [7, 11) is 0.182. The molecule has 0 radical (unpaired) electrons. The lowest BCUT2D eigenvalue weighted by molar-refractivity contribution is 0.567. The van der Waals surface area contributed by atoms with E-state index in [0.717, 1.165) is 5.66 Å². The SMILES string of the molecule is CCCCCCCCCC(Cc1ccccc1)P(C)C.I. The largest absolute Gasteiger partial charge is 0.110 e. The van der Waals surface area contributed by atoms with Crippen molar-refractivity contribution in [1.82, 2.24) is 0 Å². The highest BCUT2D eigenvalue weighted by molar-refractivity contribution is 14.0. The molecule has 0 fully saturated rings. The molecule has 1 aromatic carbocycles. The van der Waals surface area contributed by atoms with Crippen molar-refractivity contribution in [1.29, 1.82) is 0 Å². The zero-order chi connectivity index (χ0) is 14.6. The number of hydrogen-bond donors (Lipinski definition) is 0. The third-order valence-corrected chi connectivity index (χ3v) is 6.09. The van der Waals surface area contributed by atoms with E-state index in [4.69, 9.17) is 0 Å². The molecule has 0 amide bonds. The zero-order valence-corrected chi connectivity index (χ0v) is 17.4. The molecule has 0 heterocycles. The second-order valence-corrected chi connectivity index (χ2v) is 8.87.